The number of aryl methyl sites for hydroxylation is 1. The van der Waals surface area contributed by atoms with Crippen LogP contribution >= 0.6 is 11.6 Å². The molecule has 3 aromatic rings. The van der Waals surface area contributed by atoms with Gasteiger partial charge in [0.15, 0.2) is 5.69 Å². The third-order valence-electron chi connectivity index (χ3n) is 7.69. The van der Waals surface area contributed by atoms with Gasteiger partial charge in [-0.15, -0.1) is 0 Å². The van der Waals surface area contributed by atoms with Gasteiger partial charge in [-0.3, -0.25) is 24.0 Å². The maximum Gasteiger partial charge on any atom is 0.269 e. The molecular weight excluding hydrogens is 480 g/mol. The molecule has 1 aromatic carbocycles. The van der Waals surface area contributed by atoms with E-state index in [1.165, 1.54) is 4.68 Å². The molecule has 3 heterocycles. The molecule has 3 aliphatic rings. The first kappa shape index (κ1) is 23.0. The van der Waals surface area contributed by atoms with Gasteiger partial charge in [0.2, 0.25) is 11.8 Å². The molecule has 0 radical (unpaired) electrons. The van der Waals surface area contributed by atoms with Gasteiger partial charge >= 0.3 is 0 Å². The number of fused-ring (bicyclic) bond motifs is 2. The first-order valence-electron chi connectivity index (χ1n) is 12.4. The normalized spacial score (nSPS) is 26.1. The topological polar surface area (TPSA) is 123 Å². The number of nitrogens with two attached hydrogens (primary N) is 1. The van der Waals surface area contributed by atoms with Gasteiger partial charge in [0.1, 0.15) is 12.6 Å². The predicted molar refractivity (Wildman–Crippen MR) is 133 cm³/mol. The van der Waals surface area contributed by atoms with Crippen molar-refractivity contribution in [3.8, 4) is 0 Å². The first-order chi connectivity index (χ1) is 17.4. The van der Waals surface area contributed by atoms with E-state index in [0.717, 1.165) is 24.1 Å². The molecule has 36 heavy (non-hydrogen) atoms. The summed E-state index contributed by atoms with van der Waals surface area (Å²) in [5, 5.41) is 8.77. The average Bonchev–Trinajstić information content (AvgIpc) is 3.74. The van der Waals surface area contributed by atoms with Crippen molar-refractivity contribution in [3.63, 3.8) is 0 Å². The molecular formula is C26H27ClN6O3. The molecule has 10 heteroatoms. The highest BCUT2D eigenvalue weighted by molar-refractivity contribution is 6.31. The maximum absolute atomic E-state index is 13.5. The van der Waals surface area contributed by atoms with Crippen molar-refractivity contribution in [2.75, 3.05) is 0 Å². The number of carbonyl (C=O) groups is 3. The Hall–Kier alpha value is -3.46. The molecule has 1 saturated heterocycles. The summed E-state index contributed by atoms with van der Waals surface area (Å²) in [5.41, 5.74) is 8.09. The lowest BCUT2D eigenvalue weighted by Crippen LogP contribution is -2.49. The Morgan fingerprint density at radius 1 is 1.19 bits per heavy atom. The smallest absolute Gasteiger partial charge is 0.269 e. The number of benzene rings is 1. The summed E-state index contributed by atoms with van der Waals surface area (Å²) < 4.78 is 1.48. The number of rotatable bonds is 7. The monoisotopic (exact) mass is 506 g/mol. The second-order valence-electron chi connectivity index (χ2n) is 10.0. The molecule has 3 amide bonds. The van der Waals surface area contributed by atoms with Crippen LogP contribution in [-0.4, -0.2) is 55.5 Å². The van der Waals surface area contributed by atoms with E-state index < -0.39 is 11.9 Å². The van der Waals surface area contributed by atoms with Gasteiger partial charge in [-0.25, -0.2) is 0 Å². The largest absolute Gasteiger partial charge is 0.364 e. The second-order valence-corrected chi connectivity index (χ2v) is 10.4. The first-order valence-corrected chi connectivity index (χ1v) is 12.7. The summed E-state index contributed by atoms with van der Waals surface area (Å²) in [5.74, 6) is -0.415. The highest BCUT2D eigenvalue weighted by Crippen LogP contribution is 2.49. The molecule has 3 N–H and O–H groups in total. The molecule has 186 valence electrons. The van der Waals surface area contributed by atoms with E-state index >= 15 is 0 Å². The fourth-order valence-corrected chi connectivity index (χ4v) is 5.90. The number of piperidine rings is 1. The Kier molecular flexibility index (Phi) is 5.48. The molecule has 9 nitrogen and oxygen atoms in total. The van der Waals surface area contributed by atoms with E-state index in [-0.39, 0.29) is 42.1 Å². The molecule has 2 aromatic heterocycles. The van der Waals surface area contributed by atoms with Crippen LogP contribution in [0, 0.1) is 5.92 Å². The van der Waals surface area contributed by atoms with Crippen LogP contribution in [0.3, 0.4) is 0 Å². The number of aromatic nitrogens is 3. The third-order valence-corrected chi connectivity index (χ3v) is 8.04. The van der Waals surface area contributed by atoms with Crippen molar-refractivity contribution >= 4 is 40.2 Å². The number of nitrogens with zero attached hydrogens (tertiary/aromatic N) is 4. The number of amides is 3. The Labute approximate surface area is 213 Å². The standard InChI is InChI=1S/C26H27ClN6O3/c1-2-14-9-17-22(11-29-14)32(31-24(17)25(28)35)12-23(34)33-20-7-13(20)8-21(33)26(36)30-19-10-16(19)15-5-3-4-6-18(15)27/h3-6,9,11,13,16,19-21H,2,7-8,10,12H2,1H3,(H2,28,35)(H,30,36)/t13-,16-,19+,20-,21-/m0/s1. The lowest BCUT2D eigenvalue weighted by Gasteiger charge is -2.27. The lowest BCUT2D eigenvalue weighted by molar-refractivity contribution is -0.140. The Morgan fingerprint density at radius 3 is 2.75 bits per heavy atom. The van der Waals surface area contributed by atoms with Crippen molar-refractivity contribution in [3.05, 3.63) is 58.5 Å². The van der Waals surface area contributed by atoms with Gasteiger partial charge < -0.3 is 16.0 Å². The van der Waals surface area contributed by atoms with E-state index in [9.17, 15) is 14.4 Å². The third kappa shape index (κ3) is 3.91. The van der Waals surface area contributed by atoms with Crippen LogP contribution in [0.15, 0.2) is 36.5 Å². The Morgan fingerprint density at radius 2 is 2.00 bits per heavy atom. The van der Waals surface area contributed by atoms with Gasteiger partial charge in [-0.2, -0.15) is 5.10 Å². The zero-order valence-corrected chi connectivity index (χ0v) is 20.6. The molecule has 5 atom stereocenters. The summed E-state index contributed by atoms with van der Waals surface area (Å²) in [6.07, 6.45) is 4.74. The number of hydrogen-bond donors (Lipinski definition) is 2. The highest BCUT2D eigenvalue weighted by Gasteiger charge is 2.56. The van der Waals surface area contributed by atoms with Gasteiger partial charge in [0.05, 0.1) is 11.7 Å². The van der Waals surface area contributed by atoms with Crippen LogP contribution in [0.4, 0.5) is 0 Å². The maximum atomic E-state index is 13.5. The summed E-state index contributed by atoms with van der Waals surface area (Å²) in [4.78, 5) is 44.8. The van der Waals surface area contributed by atoms with E-state index in [0.29, 0.717) is 34.7 Å². The highest BCUT2D eigenvalue weighted by atomic mass is 35.5. The van der Waals surface area contributed by atoms with Crippen molar-refractivity contribution in [2.45, 2.75) is 63.2 Å². The summed E-state index contributed by atoms with van der Waals surface area (Å²) >= 11 is 6.33. The van der Waals surface area contributed by atoms with Crippen molar-refractivity contribution in [1.82, 2.24) is 25.0 Å². The van der Waals surface area contributed by atoms with Crippen molar-refractivity contribution in [2.24, 2.45) is 11.7 Å². The number of carbonyl (C=O) groups excluding carboxylic acids is 3. The molecule has 1 aliphatic heterocycles. The summed E-state index contributed by atoms with van der Waals surface area (Å²) in [6.45, 7) is 1.88. The summed E-state index contributed by atoms with van der Waals surface area (Å²) in [7, 11) is 0. The second kappa shape index (κ2) is 8.58. The molecule has 6 rings (SSSR count). The van der Waals surface area contributed by atoms with E-state index in [1.54, 1.807) is 17.2 Å². The minimum Gasteiger partial charge on any atom is -0.364 e. The van der Waals surface area contributed by atoms with E-state index in [1.807, 2.05) is 31.2 Å². The molecule has 3 fully saturated rings. The minimum atomic E-state index is -0.655. The number of halogens is 1. The number of hydrogen-bond acceptors (Lipinski definition) is 5. The number of primary amides is 1. The van der Waals surface area contributed by atoms with Gasteiger partial charge in [-0.05, 0) is 49.3 Å². The fraction of sp³-hybridized carbons (Fsp3) is 0.423. The molecule has 0 unspecified atom stereocenters. The van der Waals surface area contributed by atoms with Crippen molar-refractivity contribution in [1.29, 1.82) is 0 Å². The molecule has 0 spiro atoms. The van der Waals surface area contributed by atoms with Crippen LogP contribution in [0.1, 0.15) is 53.8 Å². The fourth-order valence-electron chi connectivity index (χ4n) is 5.62. The molecule has 0 bridgehead atoms. The molecule has 2 aliphatic carbocycles. The van der Waals surface area contributed by atoms with E-state index in [2.05, 4.69) is 15.4 Å². The SMILES string of the molecule is CCc1cc2c(C(N)=O)nn(CC(=O)N3[C@H](C(=O)N[C@@H]4C[C@H]4c4ccccc4Cl)C[C@@H]4C[C@@H]43)c2cn1. The zero-order chi connectivity index (χ0) is 25.1. The molecule has 2 saturated carbocycles. The van der Waals surface area contributed by atoms with Gasteiger partial charge in [0, 0.05) is 34.1 Å². The average molecular weight is 507 g/mol. The van der Waals surface area contributed by atoms with Crippen LogP contribution < -0.4 is 11.1 Å². The Balaban J connectivity index is 1.18. The number of pyridine rings is 1. The van der Waals surface area contributed by atoms with Crippen LogP contribution in [0.25, 0.3) is 10.9 Å². The van der Waals surface area contributed by atoms with E-state index in [4.69, 9.17) is 17.3 Å². The number of nitrogens with one attached hydrogen (secondary N) is 1. The van der Waals surface area contributed by atoms with Crippen LogP contribution in [0.2, 0.25) is 5.02 Å². The van der Waals surface area contributed by atoms with Gasteiger partial charge in [-0.1, -0.05) is 36.7 Å². The van der Waals surface area contributed by atoms with Gasteiger partial charge in [0.25, 0.3) is 5.91 Å². The zero-order valence-electron chi connectivity index (χ0n) is 19.9. The Bertz CT molecular complexity index is 1400. The van der Waals surface area contributed by atoms with Crippen LogP contribution in [0.5, 0.6) is 0 Å². The minimum absolute atomic E-state index is 0.0262. The summed E-state index contributed by atoms with van der Waals surface area (Å²) in [6, 6.07) is 9.09. The predicted octanol–water partition coefficient (Wildman–Crippen LogP) is 2.41. The number of likely N-dealkylation sites (tertiary alicyclic amines) is 1. The quantitative estimate of drug-likeness (QED) is 0.509. The van der Waals surface area contributed by atoms with Crippen molar-refractivity contribution < 1.29 is 14.4 Å². The lowest BCUT2D eigenvalue weighted by atomic mass is 10.1. The van der Waals surface area contributed by atoms with Crippen LogP contribution in [-0.2, 0) is 22.6 Å².